The number of hydrogen-bond donors (Lipinski definition) is 0. The van der Waals surface area contributed by atoms with Crippen LogP contribution in [-0.2, 0) is 9.53 Å². The highest BCUT2D eigenvalue weighted by atomic mass is 35.5. The van der Waals surface area contributed by atoms with Crippen LogP contribution in [0.4, 0.5) is 4.79 Å². The first kappa shape index (κ1) is 16.2. The summed E-state index contributed by atoms with van der Waals surface area (Å²) in [6.07, 6.45) is -0.710. The van der Waals surface area contributed by atoms with E-state index in [2.05, 4.69) is 0 Å². The van der Waals surface area contributed by atoms with Gasteiger partial charge in [-0.15, -0.1) is 11.6 Å². The molecule has 20 heavy (non-hydrogen) atoms. The Labute approximate surface area is 124 Å². The van der Waals surface area contributed by atoms with Gasteiger partial charge in [-0.25, -0.2) is 9.69 Å². The molecule has 2 amide bonds. The lowest BCUT2D eigenvalue weighted by Crippen LogP contribution is -2.37. The molecule has 0 unspecified atom stereocenters. The molecule has 0 aliphatic heterocycles. The number of ether oxygens (including phenoxy) is 1. The summed E-state index contributed by atoms with van der Waals surface area (Å²) >= 11 is 5.61. The Balaban J connectivity index is 3.31. The zero-order valence-corrected chi connectivity index (χ0v) is 12.6. The SMILES string of the molecule is CCOC(=O)N(C(=O)CCl)C(=C(C)C)c1ccccc1. The molecule has 0 saturated heterocycles. The molecule has 0 N–H and O–H groups in total. The van der Waals surface area contributed by atoms with Gasteiger partial charge in [-0.3, -0.25) is 4.79 Å². The lowest BCUT2D eigenvalue weighted by molar-refractivity contribution is -0.124. The van der Waals surface area contributed by atoms with Gasteiger partial charge >= 0.3 is 6.09 Å². The van der Waals surface area contributed by atoms with Crippen molar-refractivity contribution < 1.29 is 14.3 Å². The van der Waals surface area contributed by atoms with E-state index in [0.717, 1.165) is 16.0 Å². The summed E-state index contributed by atoms with van der Waals surface area (Å²) in [4.78, 5) is 25.1. The van der Waals surface area contributed by atoms with Gasteiger partial charge in [-0.2, -0.15) is 0 Å². The molecule has 0 atom stereocenters. The number of alkyl halides is 1. The second-order valence-corrected chi connectivity index (χ2v) is 4.54. The smallest absolute Gasteiger partial charge is 0.421 e. The Bertz CT molecular complexity index is 507. The molecule has 1 aromatic carbocycles. The second kappa shape index (κ2) is 7.70. The molecule has 0 fully saturated rings. The van der Waals surface area contributed by atoms with Crippen LogP contribution in [0.1, 0.15) is 26.3 Å². The molecule has 108 valence electrons. The maximum atomic E-state index is 12.1. The largest absolute Gasteiger partial charge is 0.449 e. The molecule has 0 bridgehead atoms. The molecular weight excluding hydrogens is 278 g/mol. The first-order valence-corrected chi connectivity index (χ1v) is 6.84. The molecule has 4 nitrogen and oxygen atoms in total. The molecule has 0 aliphatic carbocycles. The number of carbonyl (C=O) groups excluding carboxylic acids is 2. The van der Waals surface area contributed by atoms with E-state index in [1.807, 2.05) is 44.2 Å². The van der Waals surface area contributed by atoms with E-state index in [9.17, 15) is 9.59 Å². The Kier molecular flexibility index (Phi) is 6.25. The van der Waals surface area contributed by atoms with Gasteiger partial charge in [0, 0.05) is 0 Å². The van der Waals surface area contributed by atoms with E-state index in [1.54, 1.807) is 6.92 Å². The minimum Gasteiger partial charge on any atom is -0.449 e. The fraction of sp³-hybridized carbons (Fsp3) is 0.333. The van der Waals surface area contributed by atoms with Gasteiger partial charge in [0.15, 0.2) is 0 Å². The van der Waals surface area contributed by atoms with E-state index in [4.69, 9.17) is 16.3 Å². The molecule has 0 saturated carbocycles. The molecule has 0 aliphatic rings. The average Bonchev–Trinajstić information content (AvgIpc) is 2.44. The van der Waals surface area contributed by atoms with Crippen LogP contribution in [0.25, 0.3) is 5.70 Å². The van der Waals surface area contributed by atoms with Crippen molar-refractivity contribution in [2.45, 2.75) is 20.8 Å². The predicted octanol–water partition coefficient (Wildman–Crippen LogP) is 3.66. The van der Waals surface area contributed by atoms with Crippen LogP contribution in [0, 0.1) is 0 Å². The van der Waals surface area contributed by atoms with Crippen molar-refractivity contribution in [3.05, 3.63) is 41.5 Å². The Hall–Kier alpha value is -1.81. The Morgan fingerprint density at radius 3 is 2.25 bits per heavy atom. The normalized spacial score (nSPS) is 9.80. The van der Waals surface area contributed by atoms with Crippen molar-refractivity contribution in [1.29, 1.82) is 0 Å². The van der Waals surface area contributed by atoms with Crippen LogP contribution in [0.3, 0.4) is 0 Å². The summed E-state index contributed by atoms with van der Waals surface area (Å²) in [5, 5.41) is 0. The van der Waals surface area contributed by atoms with Crippen molar-refractivity contribution in [3.8, 4) is 0 Å². The highest BCUT2D eigenvalue weighted by molar-refractivity contribution is 6.29. The molecule has 5 heteroatoms. The number of rotatable bonds is 4. The number of hydrogen-bond acceptors (Lipinski definition) is 3. The molecule has 0 heterocycles. The van der Waals surface area contributed by atoms with Crippen molar-refractivity contribution >= 4 is 29.3 Å². The molecule has 0 spiro atoms. The monoisotopic (exact) mass is 295 g/mol. The molecule has 0 aromatic heterocycles. The number of amides is 2. The average molecular weight is 296 g/mol. The number of benzene rings is 1. The van der Waals surface area contributed by atoms with E-state index in [-0.39, 0.29) is 12.5 Å². The summed E-state index contributed by atoms with van der Waals surface area (Å²) in [6, 6.07) is 9.20. The van der Waals surface area contributed by atoms with E-state index >= 15 is 0 Å². The van der Waals surface area contributed by atoms with Crippen LogP contribution < -0.4 is 0 Å². The van der Waals surface area contributed by atoms with Crippen LogP contribution in [0.15, 0.2) is 35.9 Å². The lowest BCUT2D eigenvalue weighted by Gasteiger charge is -2.24. The van der Waals surface area contributed by atoms with Gasteiger partial charge in [-0.1, -0.05) is 35.9 Å². The van der Waals surface area contributed by atoms with Crippen molar-refractivity contribution in [3.63, 3.8) is 0 Å². The molecule has 0 radical (unpaired) electrons. The lowest BCUT2D eigenvalue weighted by atomic mass is 10.1. The topological polar surface area (TPSA) is 46.6 Å². The third kappa shape index (κ3) is 3.84. The number of nitrogens with zero attached hydrogens (tertiary/aromatic N) is 1. The zero-order valence-electron chi connectivity index (χ0n) is 11.9. The van der Waals surface area contributed by atoms with Crippen molar-refractivity contribution in [2.75, 3.05) is 12.5 Å². The van der Waals surface area contributed by atoms with E-state index in [1.165, 1.54) is 0 Å². The van der Waals surface area contributed by atoms with Gasteiger partial charge in [0.2, 0.25) is 0 Å². The Morgan fingerprint density at radius 2 is 1.80 bits per heavy atom. The van der Waals surface area contributed by atoms with Gasteiger partial charge in [-0.05, 0) is 26.3 Å². The summed E-state index contributed by atoms with van der Waals surface area (Å²) in [5.41, 5.74) is 2.09. The fourth-order valence-electron chi connectivity index (χ4n) is 1.80. The van der Waals surface area contributed by atoms with Gasteiger partial charge in [0.1, 0.15) is 5.88 Å². The number of allylic oxidation sites excluding steroid dienone is 1. The predicted molar refractivity (Wildman–Crippen MR) is 79.3 cm³/mol. The quantitative estimate of drug-likeness (QED) is 0.796. The first-order chi connectivity index (χ1) is 9.52. The zero-order chi connectivity index (χ0) is 15.1. The summed E-state index contributed by atoms with van der Waals surface area (Å²) in [6.45, 7) is 5.54. The van der Waals surface area contributed by atoms with Crippen LogP contribution in [0.2, 0.25) is 0 Å². The summed E-state index contributed by atoms with van der Waals surface area (Å²) in [5.74, 6) is -0.798. The van der Waals surface area contributed by atoms with E-state index < -0.39 is 12.0 Å². The second-order valence-electron chi connectivity index (χ2n) is 4.28. The van der Waals surface area contributed by atoms with Gasteiger partial charge in [0.05, 0.1) is 12.3 Å². The number of carbonyl (C=O) groups is 2. The van der Waals surface area contributed by atoms with Crippen LogP contribution >= 0.6 is 11.6 Å². The Morgan fingerprint density at radius 1 is 1.20 bits per heavy atom. The standard InChI is InChI=1S/C15H18ClNO3/c1-4-20-15(19)17(13(18)10-16)14(11(2)3)12-8-6-5-7-9-12/h5-9H,4,10H2,1-3H3. The minimum atomic E-state index is -0.710. The highest BCUT2D eigenvalue weighted by Gasteiger charge is 2.27. The number of imide groups is 1. The third-order valence-corrected chi connectivity index (χ3v) is 2.79. The minimum absolute atomic E-state index is 0.190. The van der Waals surface area contributed by atoms with Crippen LogP contribution in [0.5, 0.6) is 0 Å². The van der Waals surface area contributed by atoms with Crippen LogP contribution in [-0.4, -0.2) is 29.4 Å². The first-order valence-electron chi connectivity index (χ1n) is 6.31. The van der Waals surface area contributed by atoms with Gasteiger partial charge < -0.3 is 4.74 Å². The third-order valence-electron chi connectivity index (χ3n) is 2.56. The summed E-state index contributed by atoms with van der Waals surface area (Å²) < 4.78 is 4.95. The molecular formula is C15H18ClNO3. The summed E-state index contributed by atoms with van der Waals surface area (Å²) in [7, 11) is 0. The van der Waals surface area contributed by atoms with Crippen molar-refractivity contribution in [2.24, 2.45) is 0 Å². The molecule has 1 rings (SSSR count). The van der Waals surface area contributed by atoms with E-state index in [0.29, 0.717) is 5.70 Å². The van der Waals surface area contributed by atoms with Gasteiger partial charge in [0.25, 0.3) is 5.91 Å². The maximum Gasteiger partial charge on any atom is 0.421 e. The maximum absolute atomic E-state index is 12.1. The fourth-order valence-corrected chi connectivity index (χ4v) is 1.92. The molecule has 1 aromatic rings. The van der Waals surface area contributed by atoms with Crippen molar-refractivity contribution in [1.82, 2.24) is 4.90 Å². The number of halogens is 1. The highest BCUT2D eigenvalue weighted by Crippen LogP contribution is 2.24.